The fourth-order valence-electron chi connectivity index (χ4n) is 3.67. The number of pyridine rings is 1. The molecule has 2 aromatic carbocycles. The minimum Gasteiger partial charge on any atom is -0.496 e. The van der Waals surface area contributed by atoms with E-state index in [1.807, 2.05) is 0 Å². The van der Waals surface area contributed by atoms with Gasteiger partial charge in [-0.25, -0.2) is 4.39 Å². The molecule has 1 heterocycles. The second-order valence-electron chi connectivity index (χ2n) is 9.95. The van der Waals surface area contributed by atoms with Crippen LogP contribution in [-0.2, 0) is 6.18 Å². The Kier molecular flexibility index (Phi) is 8.74. The first-order valence-electron chi connectivity index (χ1n) is 11.6. The van der Waals surface area contributed by atoms with Gasteiger partial charge in [-0.1, -0.05) is 19.6 Å². The number of carbonyl (C=O) groups excluding carboxylic acids is 1. The van der Waals surface area contributed by atoms with E-state index in [1.165, 1.54) is 61.3 Å². The molecule has 0 aliphatic rings. The zero-order valence-electron chi connectivity index (χ0n) is 21.7. The maximum Gasteiger partial charge on any atom is 0.416 e. The molecule has 0 N–H and O–H groups in total. The predicted octanol–water partition coefficient (Wildman–Crippen LogP) is 7.93. The average molecular weight is 551 g/mol. The normalized spacial score (nSPS) is 11.9. The number of amides is 1. The molecular formula is C27H30F4N2O2SSi. The number of rotatable bonds is 8. The van der Waals surface area contributed by atoms with Crippen molar-refractivity contribution in [3.63, 3.8) is 0 Å². The first-order valence-corrected chi connectivity index (χ1v) is 16.3. The second-order valence-corrected chi connectivity index (χ2v) is 16.7. The van der Waals surface area contributed by atoms with Crippen LogP contribution in [0, 0.1) is 12.7 Å². The van der Waals surface area contributed by atoms with Gasteiger partial charge >= 0.3 is 6.18 Å². The number of halogens is 4. The average Bonchev–Trinajstić information content (AvgIpc) is 2.81. The lowest BCUT2D eigenvalue weighted by Crippen LogP contribution is -2.27. The van der Waals surface area contributed by atoms with Crippen LogP contribution in [0.5, 0.6) is 5.75 Å². The summed E-state index contributed by atoms with van der Waals surface area (Å²) in [5.41, 5.74) is 1.11. The van der Waals surface area contributed by atoms with E-state index >= 15 is 0 Å². The molecule has 1 amide bonds. The summed E-state index contributed by atoms with van der Waals surface area (Å²) in [6.07, 6.45) is -3.12. The number of hydrogen-bond acceptors (Lipinski definition) is 4. The van der Waals surface area contributed by atoms with Crippen molar-refractivity contribution in [1.82, 2.24) is 4.98 Å². The summed E-state index contributed by atoms with van der Waals surface area (Å²) in [4.78, 5) is 19.5. The van der Waals surface area contributed by atoms with E-state index in [4.69, 9.17) is 4.74 Å². The van der Waals surface area contributed by atoms with Gasteiger partial charge in [-0.15, -0.1) is 11.8 Å². The van der Waals surface area contributed by atoms with E-state index in [9.17, 15) is 22.4 Å². The molecule has 1 aromatic heterocycles. The van der Waals surface area contributed by atoms with Gasteiger partial charge in [0.05, 0.1) is 24.6 Å². The molecule has 0 saturated heterocycles. The Balaban J connectivity index is 2.04. The molecule has 3 rings (SSSR count). The Morgan fingerprint density at radius 1 is 1.08 bits per heavy atom. The Hall–Kier alpha value is -2.85. The summed E-state index contributed by atoms with van der Waals surface area (Å²) in [5.74, 6) is -0.170. The Morgan fingerprint density at radius 3 is 2.41 bits per heavy atom. The molecule has 0 atom stereocenters. The number of aromatic nitrogens is 1. The number of thioether (sulfide) groups is 1. The highest BCUT2D eigenvalue weighted by Crippen LogP contribution is 2.38. The SMILES string of the molecule is COc1cc(F)ccc1-c1cc(C)ncc1N(C)C(=O)c1cc(SCC[Si](C)(C)C)cc(C(F)(F)F)c1. The largest absolute Gasteiger partial charge is 0.496 e. The lowest BCUT2D eigenvalue weighted by atomic mass is 10.0. The Bertz CT molecular complexity index is 1290. The number of nitrogens with zero attached hydrogens (tertiary/aromatic N) is 2. The molecule has 0 bridgehead atoms. The van der Waals surface area contributed by atoms with Crippen LogP contribution in [0.3, 0.4) is 0 Å². The van der Waals surface area contributed by atoms with Crippen LogP contribution >= 0.6 is 11.8 Å². The van der Waals surface area contributed by atoms with Gasteiger partial charge in [0.15, 0.2) is 0 Å². The number of aryl methyl sites for hydroxylation is 1. The number of anilines is 1. The molecule has 4 nitrogen and oxygen atoms in total. The van der Waals surface area contributed by atoms with Crippen molar-refractivity contribution < 1.29 is 27.1 Å². The molecule has 0 saturated carbocycles. The number of hydrogen-bond donors (Lipinski definition) is 0. The minimum atomic E-state index is -4.60. The lowest BCUT2D eigenvalue weighted by Gasteiger charge is -2.23. The van der Waals surface area contributed by atoms with Crippen LogP contribution in [0.25, 0.3) is 11.1 Å². The van der Waals surface area contributed by atoms with Gasteiger partial charge in [0, 0.05) is 48.5 Å². The maximum absolute atomic E-state index is 13.8. The monoisotopic (exact) mass is 550 g/mol. The molecule has 0 aliphatic heterocycles. The topological polar surface area (TPSA) is 42.4 Å². The Morgan fingerprint density at radius 2 is 1.78 bits per heavy atom. The van der Waals surface area contributed by atoms with Crippen molar-refractivity contribution in [2.75, 3.05) is 24.8 Å². The van der Waals surface area contributed by atoms with Crippen LogP contribution in [0.15, 0.2) is 53.6 Å². The van der Waals surface area contributed by atoms with Crippen LogP contribution in [-0.4, -0.2) is 38.9 Å². The highest BCUT2D eigenvalue weighted by molar-refractivity contribution is 7.99. The van der Waals surface area contributed by atoms with E-state index in [0.29, 0.717) is 33.2 Å². The van der Waals surface area contributed by atoms with Gasteiger partial charge in [0.25, 0.3) is 5.91 Å². The van der Waals surface area contributed by atoms with Crippen LogP contribution < -0.4 is 9.64 Å². The van der Waals surface area contributed by atoms with Gasteiger partial charge in [-0.05, 0) is 55.1 Å². The quantitative estimate of drug-likeness (QED) is 0.162. The molecule has 0 unspecified atom stereocenters. The minimum absolute atomic E-state index is 0.0783. The molecule has 3 aromatic rings. The highest BCUT2D eigenvalue weighted by atomic mass is 32.2. The van der Waals surface area contributed by atoms with E-state index in [1.54, 1.807) is 13.0 Å². The summed E-state index contributed by atoms with van der Waals surface area (Å²) in [5, 5.41) is 0. The fourth-order valence-corrected chi connectivity index (χ4v) is 7.18. The molecule has 0 spiro atoms. The summed E-state index contributed by atoms with van der Waals surface area (Å²) in [6, 6.07) is 10.2. The zero-order chi connectivity index (χ0) is 27.5. The van der Waals surface area contributed by atoms with Crippen molar-refractivity contribution in [3.8, 4) is 16.9 Å². The molecule has 0 fully saturated rings. The van der Waals surface area contributed by atoms with Gasteiger partial charge < -0.3 is 9.64 Å². The highest BCUT2D eigenvalue weighted by Gasteiger charge is 2.32. The third-order valence-corrected chi connectivity index (χ3v) is 8.83. The lowest BCUT2D eigenvalue weighted by molar-refractivity contribution is -0.137. The molecule has 10 heteroatoms. The van der Waals surface area contributed by atoms with Crippen LogP contribution in [0.4, 0.5) is 23.2 Å². The van der Waals surface area contributed by atoms with E-state index in [2.05, 4.69) is 24.6 Å². The number of methoxy groups -OCH3 is 1. The summed E-state index contributed by atoms with van der Waals surface area (Å²) in [6.45, 7) is 8.37. The number of carbonyl (C=O) groups is 1. The molecule has 37 heavy (non-hydrogen) atoms. The molecule has 0 radical (unpaired) electrons. The predicted molar refractivity (Wildman–Crippen MR) is 144 cm³/mol. The van der Waals surface area contributed by atoms with E-state index in [0.717, 1.165) is 18.2 Å². The smallest absolute Gasteiger partial charge is 0.416 e. The van der Waals surface area contributed by atoms with Crippen molar-refractivity contribution in [2.24, 2.45) is 0 Å². The first kappa shape index (κ1) is 28.7. The molecule has 0 aliphatic carbocycles. The third kappa shape index (κ3) is 7.35. The van der Waals surface area contributed by atoms with E-state index < -0.39 is 31.5 Å². The van der Waals surface area contributed by atoms with Gasteiger partial charge in [0.1, 0.15) is 11.6 Å². The van der Waals surface area contributed by atoms with Gasteiger partial charge in [-0.2, -0.15) is 13.2 Å². The summed E-state index contributed by atoms with van der Waals surface area (Å²) in [7, 11) is 1.51. The number of ether oxygens (including phenoxy) is 1. The summed E-state index contributed by atoms with van der Waals surface area (Å²) >= 11 is 1.32. The van der Waals surface area contributed by atoms with Gasteiger partial charge in [-0.3, -0.25) is 9.78 Å². The van der Waals surface area contributed by atoms with E-state index in [-0.39, 0.29) is 11.3 Å². The third-order valence-electron chi connectivity index (χ3n) is 5.74. The first-order chi connectivity index (χ1) is 17.2. The standard InChI is InChI=1S/C27H30F4N2O2SSi/c1-17-11-23(22-8-7-20(28)15-25(22)35-3)24(16-32-17)33(2)26(34)18-12-19(27(29,30)31)14-21(13-18)36-9-10-37(4,5)6/h7-8,11-16H,9-10H2,1-6H3. The fraction of sp³-hybridized carbons (Fsp3) is 0.333. The molecule has 198 valence electrons. The van der Waals surface area contributed by atoms with Gasteiger partial charge in [0.2, 0.25) is 0 Å². The van der Waals surface area contributed by atoms with Crippen molar-refractivity contribution >= 4 is 31.4 Å². The second kappa shape index (κ2) is 11.3. The van der Waals surface area contributed by atoms with Crippen molar-refractivity contribution in [3.05, 3.63) is 71.3 Å². The molecular weight excluding hydrogens is 520 g/mol. The number of benzene rings is 2. The zero-order valence-corrected chi connectivity index (χ0v) is 23.5. The summed E-state index contributed by atoms with van der Waals surface area (Å²) < 4.78 is 60.3. The van der Waals surface area contributed by atoms with Crippen molar-refractivity contribution in [2.45, 2.75) is 43.7 Å². The maximum atomic E-state index is 13.8. The van der Waals surface area contributed by atoms with Crippen LogP contribution in [0.2, 0.25) is 25.7 Å². The van der Waals surface area contributed by atoms with Crippen molar-refractivity contribution in [1.29, 1.82) is 0 Å². The number of alkyl halides is 3. The van der Waals surface area contributed by atoms with Crippen LogP contribution in [0.1, 0.15) is 21.6 Å². The Labute approximate surface area is 220 Å².